The molecule has 0 aromatic carbocycles. The highest BCUT2D eigenvalue weighted by molar-refractivity contribution is 7.98. The summed E-state index contributed by atoms with van der Waals surface area (Å²) < 4.78 is 0. The lowest BCUT2D eigenvalue weighted by Gasteiger charge is -2.39. The second-order valence-corrected chi connectivity index (χ2v) is 9.96. The Kier molecular flexibility index (Phi) is 8.20. The molecule has 2 saturated heterocycles. The minimum atomic E-state index is 0.271. The number of likely N-dealkylation sites (tertiary alicyclic amines) is 1. The molecule has 1 atom stereocenters. The predicted octanol–water partition coefficient (Wildman–Crippen LogP) is 3.20. The van der Waals surface area contributed by atoms with Crippen LogP contribution in [0.5, 0.6) is 0 Å². The van der Waals surface area contributed by atoms with Crippen LogP contribution >= 0.6 is 11.8 Å². The number of hydrogen-bond donors (Lipinski definition) is 0. The van der Waals surface area contributed by atoms with Gasteiger partial charge in [0.15, 0.2) is 5.16 Å². The van der Waals surface area contributed by atoms with Crippen LogP contribution in [0.1, 0.15) is 36.2 Å². The van der Waals surface area contributed by atoms with Gasteiger partial charge in [0.05, 0.1) is 0 Å². The van der Waals surface area contributed by atoms with E-state index in [9.17, 15) is 4.79 Å². The lowest BCUT2D eigenvalue weighted by atomic mass is 9.96. The monoisotopic (exact) mass is 468 g/mol. The van der Waals surface area contributed by atoms with Crippen molar-refractivity contribution < 1.29 is 4.79 Å². The number of piperazine rings is 1. The van der Waals surface area contributed by atoms with Crippen LogP contribution in [0.2, 0.25) is 0 Å². The Balaban J connectivity index is 1.24. The zero-order valence-corrected chi connectivity index (χ0v) is 21.0. The minimum absolute atomic E-state index is 0.271. The van der Waals surface area contributed by atoms with Gasteiger partial charge in [-0.25, -0.2) is 15.0 Å². The van der Waals surface area contributed by atoms with Gasteiger partial charge in [0.1, 0.15) is 5.82 Å². The highest BCUT2D eigenvalue weighted by Gasteiger charge is 2.27. The van der Waals surface area contributed by atoms with Crippen molar-refractivity contribution in [3.05, 3.63) is 41.3 Å². The molecule has 4 rings (SSSR count). The first kappa shape index (κ1) is 24.0. The summed E-state index contributed by atoms with van der Waals surface area (Å²) in [6.45, 7) is 11.1. The van der Waals surface area contributed by atoms with E-state index in [0.717, 1.165) is 86.6 Å². The zero-order valence-electron chi connectivity index (χ0n) is 20.2. The van der Waals surface area contributed by atoms with Gasteiger partial charge in [-0.05, 0) is 63.0 Å². The molecule has 2 aromatic rings. The van der Waals surface area contributed by atoms with Gasteiger partial charge in [-0.15, -0.1) is 0 Å². The highest BCUT2D eigenvalue weighted by Crippen LogP contribution is 2.22. The molecule has 178 valence electrons. The summed E-state index contributed by atoms with van der Waals surface area (Å²) in [5.41, 5.74) is 3.13. The van der Waals surface area contributed by atoms with Crippen molar-refractivity contribution in [1.82, 2.24) is 24.8 Å². The number of pyridine rings is 1. The molecule has 4 heterocycles. The van der Waals surface area contributed by atoms with E-state index >= 15 is 0 Å². The number of carbonyl (C=O) groups excluding carboxylic acids is 1. The Labute approximate surface area is 202 Å². The summed E-state index contributed by atoms with van der Waals surface area (Å²) in [4.78, 5) is 33.6. The predicted molar refractivity (Wildman–Crippen MR) is 134 cm³/mol. The number of aryl methyl sites for hydroxylation is 2. The molecule has 0 radical (unpaired) electrons. The maximum atomic E-state index is 13.0. The molecular weight excluding hydrogens is 432 g/mol. The quantitative estimate of drug-likeness (QED) is 0.457. The maximum absolute atomic E-state index is 13.0. The summed E-state index contributed by atoms with van der Waals surface area (Å²) in [5.74, 6) is 1.91. The molecule has 2 aromatic heterocycles. The van der Waals surface area contributed by atoms with Gasteiger partial charge in [0.2, 0.25) is 5.91 Å². The third-order valence-electron chi connectivity index (χ3n) is 6.91. The van der Waals surface area contributed by atoms with Crippen LogP contribution in [0.4, 0.5) is 5.82 Å². The molecule has 7 nitrogen and oxygen atoms in total. The first-order chi connectivity index (χ1) is 16.0. The third kappa shape index (κ3) is 6.23. The Hall–Kier alpha value is -2.19. The van der Waals surface area contributed by atoms with Crippen molar-refractivity contribution in [2.75, 3.05) is 57.0 Å². The topological polar surface area (TPSA) is 65.5 Å². The number of amides is 1. The van der Waals surface area contributed by atoms with E-state index in [0.29, 0.717) is 12.3 Å². The molecule has 0 N–H and O–H groups in total. The zero-order chi connectivity index (χ0) is 23.2. The number of nitrogens with zero attached hydrogens (tertiary/aromatic N) is 6. The normalized spacial score (nSPS) is 19.7. The fourth-order valence-electron chi connectivity index (χ4n) is 5.06. The lowest BCUT2D eigenvalue weighted by Crippen LogP contribution is -2.50. The van der Waals surface area contributed by atoms with Crippen molar-refractivity contribution >= 4 is 23.5 Å². The van der Waals surface area contributed by atoms with Crippen molar-refractivity contribution in [2.24, 2.45) is 5.92 Å². The molecule has 0 spiro atoms. The highest BCUT2D eigenvalue weighted by atomic mass is 32.2. The first-order valence-electron chi connectivity index (χ1n) is 12.1. The molecule has 33 heavy (non-hydrogen) atoms. The molecule has 2 fully saturated rings. The fourth-order valence-corrected chi connectivity index (χ4v) is 5.51. The first-order valence-corrected chi connectivity index (χ1v) is 13.3. The molecule has 0 aliphatic carbocycles. The Bertz CT molecular complexity index is 909. The van der Waals surface area contributed by atoms with E-state index in [2.05, 4.69) is 41.8 Å². The van der Waals surface area contributed by atoms with Gasteiger partial charge in [-0.1, -0.05) is 17.8 Å². The number of carbonyl (C=O) groups is 1. The summed E-state index contributed by atoms with van der Waals surface area (Å²) in [6, 6.07) is 6.11. The number of anilines is 1. The number of aromatic nitrogens is 3. The molecule has 0 saturated carbocycles. The SMILES string of the molecule is CSc1nc(C)c(CCC(=O)N2CCCC(CN3CCN(c4ccccn4)CC3)C2)c(C)n1. The maximum Gasteiger partial charge on any atom is 0.222 e. The molecule has 2 aliphatic rings. The van der Waals surface area contributed by atoms with E-state index in [4.69, 9.17) is 0 Å². The standard InChI is InChI=1S/C25H36N6OS/c1-19-22(20(2)28-25(27-19)33-3)9-10-24(32)31-12-6-7-21(18-31)17-29-13-15-30(16-14-29)23-8-4-5-11-26-23/h4-5,8,11,21H,6-7,9-10,12-18H2,1-3H3. The lowest BCUT2D eigenvalue weighted by molar-refractivity contribution is -0.133. The summed E-state index contributed by atoms with van der Waals surface area (Å²) >= 11 is 1.56. The van der Waals surface area contributed by atoms with E-state index in [-0.39, 0.29) is 5.91 Å². The Morgan fingerprint density at radius 3 is 2.52 bits per heavy atom. The minimum Gasteiger partial charge on any atom is -0.354 e. The van der Waals surface area contributed by atoms with E-state index in [1.54, 1.807) is 11.8 Å². The van der Waals surface area contributed by atoms with Gasteiger partial charge in [0.25, 0.3) is 0 Å². The van der Waals surface area contributed by atoms with E-state index < -0.39 is 0 Å². The van der Waals surface area contributed by atoms with Crippen LogP contribution < -0.4 is 4.90 Å². The number of rotatable bonds is 7. The number of piperidine rings is 1. The fraction of sp³-hybridized carbons (Fsp3) is 0.600. The average Bonchev–Trinajstić information content (AvgIpc) is 2.84. The molecule has 8 heteroatoms. The molecule has 2 aliphatic heterocycles. The van der Waals surface area contributed by atoms with Gasteiger partial charge >= 0.3 is 0 Å². The van der Waals surface area contributed by atoms with Crippen molar-refractivity contribution in [1.29, 1.82) is 0 Å². The van der Waals surface area contributed by atoms with Crippen LogP contribution in [0.25, 0.3) is 0 Å². The van der Waals surface area contributed by atoms with Gasteiger partial charge in [0, 0.05) is 69.8 Å². The van der Waals surface area contributed by atoms with Crippen molar-refractivity contribution in [3.63, 3.8) is 0 Å². The van der Waals surface area contributed by atoms with Gasteiger partial charge < -0.3 is 9.80 Å². The van der Waals surface area contributed by atoms with E-state index in [1.807, 2.05) is 32.4 Å². The van der Waals surface area contributed by atoms with E-state index in [1.165, 1.54) is 6.42 Å². The second kappa shape index (κ2) is 11.3. The average molecular weight is 469 g/mol. The number of thioether (sulfide) groups is 1. The summed E-state index contributed by atoms with van der Waals surface area (Å²) in [7, 11) is 0. The Morgan fingerprint density at radius 1 is 1.09 bits per heavy atom. The third-order valence-corrected chi connectivity index (χ3v) is 7.45. The van der Waals surface area contributed by atoms with Crippen LogP contribution in [-0.4, -0.2) is 82.7 Å². The van der Waals surface area contributed by atoms with Crippen molar-refractivity contribution in [3.8, 4) is 0 Å². The number of hydrogen-bond acceptors (Lipinski definition) is 7. The van der Waals surface area contributed by atoms with Crippen LogP contribution in [0.15, 0.2) is 29.6 Å². The molecule has 1 amide bonds. The van der Waals surface area contributed by atoms with Crippen LogP contribution in [0, 0.1) is 19.8 Å². The van der Waals surface area contributed by atoms with Crippen LogP contribution in [0.3, 0.4) is 0 Å². The van der Waals surface area contributed by atoms with Crippen molar-refractivity contribution in [2.45, 2.75) is 44.7 Å². The smallest absolute Gasteiger partial charge is 0.222 e. The van der Waals surface area contributed by atoms with Gasteiger partial charge in [-0.2, -0.15) is 0 Å². The molecular formula is C25H36N6OS. The van der Waals surface area contributed by atoms with Gasteiger partial charge in [-0.3, -0.25) is 9.69 Å². The van der Waals surface area contributed by atoms with Crippen LogP contribution in [-0.2, 0) is 11.2 Å². The Morgan fingerprint density at radius 2 is 1.85 bits per heavy atom. The largest absolute Gasteiger partial charge is 0.354 e. The summed E-state index contributed by atoms with van der Waals surface area (Å²) in [5, 5.41) is 0.805. The summed E-state index contributed by atoms with van der Waals surface area (Å²) in [6.07, 6.45) is 7.44. The molecule has 0 bridgehead atoms. The second-order valence-electron chi connectivity index (χ2n) is 9.18. The molecule has 1 unspecified atom stereocenters.